The fourth-order valence-corrected chi connectivity index (χ4v) is 1.52. The molecule has 1 unspecified atom stereocenters. The summed E-state index contributed by atoms with van der Waals surface area (Å²) in [6, 6.07) is 9.40. The molecule has 0 radical (unpaired) electrons. The molecule has 0 heterocycles. The minimum atomic E-state index is -0.627. The number of hydrogen-bond acceptors (Lipinski definition) is 3. The molecular weight excluding hydrogens is 270 g/mol. The lowest BCUT2D eigenvalue weighted by atomic mass is 10.1. The first-order valence-corrected chi connectivity index (χ1v) is 6.00. The van der Waals surface area contributed by atoms with Gasteiger partial charge in [0, 0.05) is 6.54 Å². The fourth-order valence-electron chi connectivity index (χ4n) is 1.12. The van der Waals surface area contributed by atoms with E-state index < -0.39 is 10.4 Å². The van der Waals surface area contributed by atoms with E-state index in [4.69, 9.17) is 10.5 Å². The van der Waals surface area contributed by atoms with E-state index >= 15 is 0 Å². The molecule has 4 heteroatoms. The molecular formula is C12H16BrNO2. The topological polar surface area (TPSA) is 52.3 Å². The monoisotopic (exact) mass is 285 g/mol. The van der Waals surface area contributed by atoms with Gasteiger partial charge in [-0.2, -0.15) is 0 Å². The Labute approximate surface area is 104 Å². The molecule has 1 atom stereocenters. The Kier molecular flexibility index (Phi) is 4.50. The van der Waals surface area contributed by atoms with Gasteiger partial charge in [0.15, 0.2) is 0 Å². The number of hydrogen-bond donors (Lipinski definition) is 1. The highest BCUT2D eigenvalue weighted by molar-refractivity contribution is 9.09. The Morgan fingerprint density at radius 1 is 1.44 bits per heavy atom. The Morgan fingerprint density at radius 3 is 2.50 bits per heavy atom. The molecule has 0 aromatic heterocycles. The van der Waals surface area contributed by atoms with Crippen molar-refractivity contribution in [3.63, 3.8) is 0 Å². The van der Waals surface area contributed by atoms with Gasteiger partial charge in [0.1, 0.15) is 10.4 Å². The van der Waals surface area contributed by atoms with Crippen LogP contribution in [0.1, 0.15) is 24.2 Å². The SMILES string of the molecule is CC(C)(CN)OC(=O)C(Br)c1ccccc1. The molecule has 1 aromatic carbocycles. The van der Waals surface area contributed by atoms with Crippen LogP contribution in [-0.2, 0) is 9.53 Å². The van der Waals surface area contributed by atoms with Gasteiger partial charge in [-0.05, 0) is 19.4 Å². The number of ether oxygens (including phenoxy) is 1. The molecule has 0 bridgehead atoms. The maximum absolute atomic E-state index is 11.8. The van der Waals surface area contributed by atoms with Crippen LogP contribution >= 0.6 is 15.9 Å². The fraction of sp³-hybridized carbons (Fsp3) is 0.417. The average molecular weight is 286 g/mol. The predicted molar refractivity (Wildman–Crippen MR) is 67.3 cm³/mol. The van der Waals surface area contributed by atoms with Crippen LogP contribution in [0.4, 0.5) is 0 Å². The van der Waals surface area contributed by atoms with Gasteiger partial charge in [0.25, 0.3) is 0 Å². The van der Waals surface area contributed by atoms with Gasteiger partial charge in [-0.25, -0.2) is 0 Å². The van der Waals surface area contributed by atoms with Gasteiger partial charge < -0.3 is 10.5 Å². The van der Waals surface area contributed by atoms with Crippen LogP contribution in [0, 0.1) is 0 Å². The van der Waals surface area contributed by atoms with E-state index in [-0.39, 0.29) is 5.97 Å². The van der Waals surface area contributed by atoms with Gasteiger partial charge in [0.2, 0.25) is 0 Å². The highest BCUT2D eigenvalue weighted by Crippen LogP contribution is 2.25. The summed E-state index contributed by atoms with van der Waals surface area (Å²) in [4.78, 5) is 11.3. The first kappa shape index (κ1) is 13.2. The quantitative estimate of drug-likeness (QED) is 0.683. The second kappa shape index (κ2) is 5.46. The zero-order valence-electron chi connectivity index (χ0n) is 9.44. The van der Waals surface area contributed by atoms with Crippen molar-refractivity contribution in [1.29, 1.82) is 0 Å². The second-order valence-corrected chi connectivity index (χ2v) is 5.07. The van der Waals surface area contributed by atoms with Crippen molar-refractivity contribution in [3.05, 3.63) is 35.9 Å². The number of benzene rings is 1. The minimum absolute atomic E-state index is 0.299. The number of carbonyl (C=O) groups is 1. The maximum atomic E-state index is 11.8. The third-order valence-corrected chi connectivity index (χ3v) is 3.07. The van der Waals surface area contributed by atoms with Gasteiger partial charge in [-0.3, -0.25) is 4.79 Å². The molecule has 1 aromatic rings. The molecule has 0 spiro atoms. The summed E-state index contributed by atoms with van der Waals surface area (Å²) in [5.74, 6) is -0.318. The maximum Gasteiger partial charge on any atom is 0.324 e. The summed E-state index contributed by atoms with van der Waals surface area (Å²) in [7, 11) is 0. The molecule has 0 fully saturated rings. The molecule has 0 aliphatic heterocycles. The zero-order valence-corrected chi connectivity index (χ0v) is 11.0. The summed E-state index contributed by atoms with van der Waals surface area (Å²) < 4.78 is 5.29. The Balaban J connectivity index is 2.69. The largest absolute Gasteiger partial charge is 0.457 e. The van der Waals surface area contributed by atoms with Crippen LogP contribution in [-0.4, -0.2) is 18.1 Å². The Hall–Kier alpha value is -0.870. The van der Waals surface area contributed by atoms with Gasteiger partial charge in [-0.1, -0.05) is 46.3 Å². The number of esters is 1. The molecule has 0 aliphatic carbocycles. The van der Waals surface area contributed by atoms with Crippen LogP contribution < -0.4 is 5.73 Å². The predicted octanol–water partition coefficient (Wildman–Crippen LogP) is 2.40. The van der Waals surface area contributed by atoms with E-state index in [1.807, 2.05) is 30.3 Å². The van der Waals surface area contributed by atoms with Gasteiger partial charge >= 0.3 is 5.97 Å². The van der Waals surface area contributed by atoms with Crippen LogP contribution in [0.25, 0.3) is 0 Å². The van der Waals surface area contributed by atoms with Gasteiger partial charge in [0.05, 0.1) is 0 Å². The molecule has 1 rings (SSSR count). The van der Waals surface area contributed by atoms with E-state index in [1.54, 1.807) is 13.8 Å². The zero-order chi connectivity index (χ0) is 12.2. The lowest BCUT2D eigenvalue weighted by Gasteiger charge is -2.24. The first-order chi connectivity index (χ1) is 7.46. The van der Waals surface area contributed by atoms with Crippen LogP contribution in [0.3, 0.4) is 0 Å². The smallest absolute Gasteiger partial charge is 0.324 e. The van der Waals surface area contributed by atoms with Crippen molar-refractivity contribution >= 4 is 21.9 Å². The van der Waals surface area contributed by atoms with Crippen LogP contribution in [0.15, 0.2) is 30.3 Å². The Morgan fingerprint density at radius 2 is 2.00 bits per heavy atom. The third-order valence-electron chi connectivity index (χ3n) is 2.17. The number of nitrogens with two attached hydrogens (primary N) is 1. The molecule has 88 valence electrons. The summed E-state index contributed by atoms with van der Waals surface area (Å²) >= 11 is 3.32. The summed E-state index contributed by atoms with van der Waals surface area (Å²) in [5, 5.41) is 0. The second-order valence-electron chi connectivity index (χ2n) is 4.16. The summed E-state index contributed by atoms with van der Waals surface area (Å²) in [5.41, 5.74) is 5.75. The highest BCUT2D eigenvalue weighted by Gasteiger charge is 2.26. The third kappa shape index (κ3) is 3.61. The van der Waals surface area contributed by atoms with E-state index in [0.717, 1.165) is 5.56 Å². The van der Waals surface area contributed by atoms with Crippen molar-refractivity contribution in [2.45, 2.75) is 24.3 Å². The van der Waals surface area contributed by atoms with Crippen LogP contribution in [0.2, 0.25) is 0 Å². The molecule has 0 amide bonds. The van der Waals surface area contributed by atoms with E-state index in [2.05, 4.69) is 15.9 Å². The standard InChI is InChI=1S/C12H16BrNO2/c1-12(2,8-14)16-11(15)10(13)9-6-4-3-5-7-9/h3-7,10H,8,14H2,1-2H3. The van der Waals surface area contributed by atoms with Crippen molar-refractivity contribution in [2.24, 2.45) is 5.73 Å². The minimum Gasteiger partial charge on any atom is -0.457 e. The van der Waals surface area contributed by atoms with Crippen molar-refractivity contribution in [3.8, 4) is 0 Å². The van der Waals surface area contributed by atoms with Crippen LogP contribution in [0.5, 0.6) is 0 Å². The number of halogens is 1. The van der Waals surface area contributed by atoms with Crippen molar-refractivity contribution < 1.29 is 9.53 Å². The molecule has 3 nitrogen and oxygen atoms in total. The normalized spacial score (nSPS) is 13.2. The molecule has 16 heavy (non-hydrogen) atoms. The molecule has 0 saturated heterocycles. The van der Waals surface area contributed by atoms with Crippen molar-refractivity contribution in [1.82, 2.24) is 0 Å². The summed E-state index contributed by atoms with van der Waals surface area (Å²) in [6.07, 6.45) is 0. The average Bonchev–Trinajstić information content (AvgIpc) is 2.28. The number of rotatable bonds is 4. The molecule has 2 N–H and O–H groups in total. The van der Waals surface area contributed by atoms with E-state index in [1.165, 1.54) is 0 Å². The summed E-state index contributed by atoms with van der Waals surface area (Å²) in [6.45, 7) is 3.87. The molecule has 0 aliphatic rings. The Bertz CT molecular complexity index is 351. The lowest BCUT2D eigenvalue weighted by Crippen LogP contribution is -2.37. The first-order valence-electron chi connectivity index (χ1n) is 5.08. The van der Waals surface area contributed by atoms with Crippen molar-refractivity contribution in [2.75, 3.05) is 6.54 Å². The number of carbonyl (C=O) groups excluding carboxylic acids is 1. The highest BCUT2D eigenvalue weighted by atomic mass is 79.9. The molecule has 0 saturated carbocycles. The van der Waals surface area contributed by atoms with E-state index in [0.29, 0.717) is 6.54 Å². The van der Waals surface area contributed by atoms with Gasteiger partial charge in [-0.15, -0.1) is 0 Å². The lowest BCUT2D eigenvalue weighted by molar-refractivity contribution is -0.154. The van der Waals surface area contributed by atoms with E-state index in [9.17, 15) is 4.79 Å². The number of alkyl halides is 1.